The van der Waals surface area contributed by atoms with Crippen LogP contribution in [-0.2, 0) is 7.05 Å². The number of hydrogen-bond donors (Lipinski definition) is 0. The van der Waals surface area contributed by atoms with E-state index in [1.807, 2.05) is 6.92 Å². The first-order valence-corrected chi connectivity index (χ1v) is 4.01. The Hall–Kier alpha value is -1.38. The monoisotopic (exact) mass is 181 g/mol. The summed E-state index contributed by atoms with van der Waals surface area (Å²) in [6, 6.07) is 3.95. The molecule has 2 aromatic rings. The van der Waals surface area contributed by atoms with Crippen LogP contribution in [0.4, 0.5) is 8.78 Å². The molecule has 1 heterocycles. The van der Waals surface area contributed by atoms with Crippen molar-refractivity contribution in [2.45, 2.75) is 6.92 Å². The zero-order valence-electron chi connectivity index (χ0n) is 7.44. The van der Waals surface area contributed by atoms with Gasteiger partial charge in [0.05, 0.1) is 5.52 Å². The second-order valence-corrected chi connectivity index (χ2v) is 3.14. The maximum absolute atomic E-state index is 13.3. The topological polar surface area (TPSA) is 4.93 Å². The van der Waals surface area contributed by atoms with Gasteiger partial charge in [0.25, 0.3) is 0 Å². The third kappa shape index (κ3) is 1.03. The Labute approximate surface area is 74.6 Å². The third-order valence-corrected chi connectivity index (χ3v) is 2.33. The molecule has 0 saturated heterocycles. The van der Waals surface area contributed by atoms with Crippen molar-refractivity contribution >= 4 is 10.9 Å². The number of aryl methyl sites for hydroxylation is 2. The molecule has 0 saturated carbocycles. The van der Waals surface area contributed by atoms with Gasteiger partial charge in [-0.1, -0.05) is 0 Å². The van der Waals surface area contributed by atoms with Crippen LogP contribution in [0.25, 0.3) is 10.9 Å². The predicted octanol–water partition coefficient (Wildman–Crippen LogP) is 2.76. The van der Waals surface area contributed by atoms with E-state index in [-0.39, 0.29) is 11.6 Å². The van der Waals surface area contributed by atoms with E-state index in [4.69, 9.17) is 0 Å². The highest BCUT2D eigenvalue weighted by atomic mass is 19.1. The fourth-order valence-electron chi connectivity index (χ4n) is 1.52. The lowest BCUT2D eigenvalue weighted by Crippen LogP contribution is -1.92. The van der Waals surface area contributed by atoms with Crippen molar-refractivity contribution in [3.8, 4) is 0 Å². The number of rotatable bonds is 0. The molecule has 0 aliphatic rings. The molecule has 0 radical (unpaired) electrons. The summed E-state index contributed by atoms with van der Waals surface area (Å²) in [4.78, 5) is 0. The lowest BCUT2D eigenvalue weighted by molar-refractivity contribution is 0.612. The Balaban J connectivity index is 3.00. The lowest BCUT2D eigenvalue weighted by Gasteiger charge is -1.99. The first-order chi connectivity index (χ1) is 6.11. The van der Waals surface area contributed by atoms with Crippen LogP contribution in [0.15, 0.2) is 18.2 Å². The maximum atomic E-state index is 13.3. The van der Waals surface area contributed by atoms with Crippen LogP contribution in [0.3, 0.4) is 0 Å². The second-order valence-electron chi connectivity index (χ2n) is 3.14. The summed E-state index contributed by atoms with van der Waals surface area (Å²) in [6.07, 6.45) is 0. The molecule has 1 nitrogen and oxygen atoms in total. The molecule has 68 valence electrons. The molecule has 0 aliphatic heterocycles. The molecule has 3 heteroatoms. The molecule has 0 spiro atoms. The fourth-order valence-corrected chi connectivity index (χ4v) is 1.52. The molecule has 0 bridgehead atoms. The van der Waals surface area contributed by atoms with Crippen LogP contribution in [0.1, 0.15) is 5.69 Å². The number of nitrogens with zero attached hydrogens (tertiary/aromatic N) is 1. The Morgan fingerprint density at radius 3 is 2.38 bits per heavy atom. The highest BCUT2D eigenvalue weighted by Crippen LogP contribution is 2.23. The zero-order chi connectivity index (χ0) is 9.59. The van der Waals surface area contributed by atoms with Crippen LogP contribution >= 0.6 is 0 Å². The van der Waals surface area contributed by atoms with E-state index in [1.165, 1.54) is 0 Å². The van der Waals surface area contributed by atoms with Crippen LogP contribution < -0.4 is 0 Å². The Morgan fingerprint density at radius 2 is 1.77 bits per heavy atom. The van der Waals surface area contributed by atoms with Gasteiger partial charge in [0.2, 0.25) is 0 Å². The molecule has 13 heavy (non-hydrogen) atoms. The maximum Gasteiger partial charge on any atom is 0.147 e. The molecule has 2 rings (SSSR count). The summed E-state index contributed by atoms with van der Waals surface area (Å²) in [5.41, 5.74) is 1.18. The minimum absolute atomic E-state index is 0.331. The summed E-state index contributed by atoms with van der Waals surface area (Å²) >= 11 is 0. The minimum Gasteiger partial charge on any atom is -0.345 e. The van der Waals surface area contributed by atoms with E-state index in [0.717, 1.165) is 17.8 Å². The van der Waals surface area contributed by atoms with Gasteiger partial charge in [-0.3, -0.25) is 0 Å². The third-order valence-electron chi connectivity index (χ3n) is 2.33. The Bertz CT molecular complexity index is 471. The van der Waals surface area contributed by atoms with Gasteiger partial charge in [-0.2, -0.15) is 0 Å². The van der Waals surface area contributed by atoms with Gasteiger partial charge < -0.3 is 4.57 Å². The van der Waals surface area contributed by atoms with Gasteiger partial charge >= 0.3 is 0 Å². The fraction of sp³-hybridized carbons (Fsp3) is 0.200. The SMILES string of the molecule is Cc1cc2c(F)ccc(F)c2n1C. The molecule has 0 unspecified atom stereocenters. The van der Waals surface area contributed by atoms with Crippen LogP contribution in [-0.4, -0.2) is 4.57 Å². The lowest BCUT2D eigenvalue weighted by atomic mass is 10.2. The molecular weight excluding hydrogens is 172 g/mol. The van der Waals surface area contributed by atoms with Crippen molar-refractivity contribution in [3.63, 3.8) is 0 Å². The normalized spacial score (nSPS) is 11.1. The number of fused-ring (bicyclic) bond motifs is 1. The van der Waals surface area contributed by atoms with Gasteiger partial charge in [0.15, 0.2) is 0 Å². The minimum atomic E-state index is -0.382. The van der Waals surface area contributed by atoms with Gasteiger partial charge in [-0.15, -0.1) is 0 Å². The van der Waals surface area contributed by atoms with Crippen molar-refractivity contribution in [2.24, 2.45) is 7.05 Å². The van der Waals surface area contributed by atoms with Gasteiger partial charge in [0.1, 0.15) is 11.6 Å². The smallest absolute Gasteiger partial charge is 0.147 e. The zero-order valence-corrected chi connectivity index (χ0v) is 7.44. The average Bonchev–Trinajstić information content (AvgIpc) is 2.38. The van der Waals surface area contributed by atoms with Crippen LogP contribution in [0.2, 0.25) is 0 Å². The molecular formula is C10H9F2N. The van der Waals surface area contributed by atoms with E-state index in [0.29, 0.717) is 10.9 Å². The first kappa shape index (κ1) is 8.23. The van der Waals surface area contributed by atoms with E-state index in [2.05, 4.69) is 0 Å². The summed E-state index contributed by atoms with van der Waals surface area (Å²) in [5, 5.41) is 0.347. The van der Waals surface area contributed by atoms with Gasteiger partial charge in [-0.05, 0) is 25.1 Å². The van der Waals surface area contributed by atoms with E-state index < -0.39 is 0 Å². The average molecular weight is 181 g/mol. The summed E-state index contributed by atoms with van der Waals surface area (Å²) in [5.74, 6) is -0.757. The highest BCUT2D eigenvalue weighted by Gasteiger charge is 2.10. The first-order valence-electron chi connectivity index (χ1n) is 4.01. The molecule has 0 atom stereocenters. The van der Waals surface area contributed by atoms with E-state index >= 15 is 0 Å². The van der Waals surface area contributed by atoms with Crippen molar-refractivity contribution in [3.05, 3.63) is 35.5 Å². The van der Waals surface area contributed by atoms with Crippen LogP contribution in [0.5, 0.6) is 0 Å². The molecule has 0 aliphatic carbocycles. The van der Waals surface area contributed by atoms with Crippen molar-refractivity contribution in [1.29, 1.82) is 0 Å². The van der Waals surface area contributed by atoms with Gasteiger partial charge in [-0.25, -0.2) is 8.78 Å². The molecule has 1 aromatic heterocycles. The summed E-state index contributed by atoms with van der Waals surface area (Å²) in [7, 11) is 1.72. The summed E-state index contributed by atoms with van der Waals surface area (Å²) < 4.78 is 28.1. The molecule has 1 aromatic carbocycles. The highest BCUT2D eigenvalue weighted by molar-refractivity contribution is 5.82. The van der Waals surface area contributed by atoms with Gasteiger partial charge in [0, 0.05) is 18.1 Å². The molecule has 0 amide bonds. The molecule has 0 N–H and O–H groups in total. The second kappa shape index (κ2) is 2.55. The molecule has 0 fully saturated rings. The van der Waals surface area contributed by atoms with Crippen molar-refractivity contribution < 1.29 is 8.78 Å². The van der Waals surface area contributed by atoms with Crippen molar-refractivity contribution in [2.75, 3.05) is 0 Å². The Morgan fingerprint density at radius 1 is 1.15 bits per heavy atom. The Kier molecular flexibility index (Phi) is 1.62. The van der Waals surface area contributed by atoms with E-state index in [1.54, 1.807) is 17.7 Å². The van der Waals surface area contributed by atoms with Crippen molar-refractivity contribution in [1.82, 2.24) is 4.57 Å². The number of halogens is 2. The number of hydrogen-bond acceptors (Lipinski definition) is 0. The largest absolute Gasteiger partial charge is 0.345 e. The van der Waals surface area contributed by atoms with Crippen LogP contribution in [0, 0.1) is 18.6 Å². The van der Waals surface area contributed by atoms with E-state index in [9.17, 15) is 8.78 Å². The predicted molar refractivity (Wildman–Crippen MR) is 47.6 cm³/mol. The quantitative estimate of drug-likeness (QED) is 0.589. The number of benzene rings is 1. The number of aromatic nitrogens is 1. The summed E-state index contributed by atoms with van der Waals surface area (Å²) in [6.45, 7) is 1.82. The standard InChI is InChI=1S/C10H9F2N/c1-6-5-7-8(11)3-4-9(12)10(7)13(6)2/h3-5H,1-2H3.